The number of rotatable bonds is 12. The summed E-state index contributed by atoms with van der Waals surface area (Å²) in [6, 6.07) is 30.6. The number of esters is 1. The van der Waals surface area contributed by atoms with E-state index in [0.29, 0.717) is 41.4 Å². The number of benzene rings is 4. The number of methoxy groups -OCH3 is 1. The third-order valence-electron chi connectivity index (χ3n) is 5.93. The summed E-state index contributed by atoms with van der Waals surface area (Å²) in [5.74, 6) is 0.193. The van der Waals surface area contributed by atoms with E-state index in [4.69, 9.17) is 21.1 Å². The molecule has 0 saturated heterocycles. The molecule has 194 valence electrons. The Hall–Kier alpha value is -4.29. The highest BCUT2D eigenvalue weighted by Gasteiger charge is 2.22. The Kier molecular flexibility index (Phi) is 9.37. The summed E-state index contributed by atoms with van der Waals surface area (Å²) >= 11 is 5.91. The Bertz CT molecular complexity index is 1340. The van der Waals surface area contributed by atoms with Crippen molar-refractivity contribution in [2.45, 2.75) is 12.5 Å². The molecule has 4 rings (SSSR count). The second kappa shape index (κ2) is 13.3. The number of carbonyl (C=O) groups excluding carboxylic acids is 2. The van der Waals surface area contributed by atoms with E-state index in [1.807, 2.05) is 72.8 Å². The maximum absolute atomic E-state index is 13.1. The Morgan fingerprint density at radius 2 is 1.53 bits per heavy atom. The Balaban J connectivity index is 1.37. The molecule has 0 saturated carbocycles. The summed E-state index contributed by atoms with van der Waals surface area (Å²) in [7, 11) is 1.35. The molecule has 6 nitrogen and oxygen atoms in total. The van der Waals surface area contributed by atoms with Crippen molar-refractivity contribution in [3.8, 4) is 5.75 Å². The molecule has 0 aliphatic heterocycles. The van der Waals surface area contributed by atoms with Crippen LogP contribution in [0.15, 0.2) is 103 Å². The van der Waals surface area contributed by atoms with Crippen molar-refractivity contribution in [2.24, 2.45) is 0 Å². The number of para-hydroxylation sites is 1. The zero-order chi connectivity index (χ0) is 26.7. The second-order valence-electron chi connectivity index (χ2n) is 8.59. The molecule has 38 heavy (non-hydrogen) atoms. The fourth-order valence-electron chi connectivity index (χ4n) is 3.96. The highest BCUT2D eigenvalue weighted by molar-refractivity contribution is 6.30. The van der Waals surface area contributed by atoms with Gasteiger partial charge in [0.15, 0.2) is 5.78 Å². The van der Waals surface area contributed by atoms with Crippen LogP contribution in [0, 0.1) is 0 Å². The molecular weight excluding hydrogens is 500 g/mol. The first-order valence-corrected chi connectivity index (χ1v) is 12.7. The Morgan fingerprint density at radius 1 is 0.842 bits per heavy atom. The predicted octanol–water partition coefficient (Wildman–Crippen LogP) is 6.26. The van der Waals surface area contributed by atoms with Gasteiger partial charge in [-0.3, -0.25) is 4.79 Å². The molecule has 0 heterocycles. The van der Waals surface area contributed by atoms with E-state index < -0.39 is 12.0 Å². The highest BCUT2D eigenvalue weighted by Crippen LogP contribution is 2.22. The molecule has 0 amide bonds. The standard InChI is InChI=1S/C31H29ClN2O4/c1-37-31(36)29(34-28-10-6-5-9-27(28)30(35)23-7-3-2-4-8-23)21-22-11-17-26(18-12-22)38-20-19-33-25-15-13-24(32)14-16-25/h2-18,29,33-34H,19-21H2,1H3. The third kappa shape index (κ3) is 7.37. The average Bonchev–Trinajstić information content (AvgIpc) is 2.96. The van der Waals surface area contributed by atoms with Crippen molar-refractivity contribution in [3.05, 3.63) is 125 Å². The molecule has 0 aromatic heterocycles. The molecule has 1 atom stereocenters. The number of hydrogen-bond donors (Lipinski definition) is 2. The summed E-state index contributed by atoms with van der Waals surface area (Å²) in [4.78, 5) is 25.7. The van der Waals surface area contributed by atoms with Crippen LogP contribution in [0.4, 0.5) is 11.4 Å². The summed E-state index contributed by atoms with van der Waals surface area (Å²) in [5.41, 5.74) is 3.54. The Labute approximate surface area is 227 Å². The summed E-state index contributed by atoms with van der Waals surface area (Å²) in [6.45, 7) is 1.12. The van der Waals surface area contributed by atoms with Gasteiger partial charge in [-0.15, -0.1) is 0 Å². The SMILES string of the molecule is COC(=O)C(Cc1ccc(OCCNc2ccc(Cl)cc2)cc1)Nc1ccccc1C(=O)c1ccccc1. The van der Waals surface area contributed by atoms with E-state index in [1.165, 1.54) is 7.11 Å². The zero-order valence-electron chi connectivity index (χ0n) is 21.0. The van der Waals surface area contributed by atoms with Gasteiger partial charge >= 0.3 is 5.97 Å². The molecule has 4 aromatic carbocycles. The summed E-state index contributed by atoms with van der Waals surface area (Å²) in [6.07, 6.45) is 0.374. The van der Waals surface area contributed by atoms with Gasteiger partial charge < -0.3 is 20.1 Å². The predicted molar refractivity (Wildman–Crippen MR) is 151 cm³/mol. The Morgan fingerprint density at radius 3 is 2.24 bits per heavy atom. The van der Waals surface area contributed by atoms with Gasteiger partial charge in [-0.2, -0.15) is 0 Å². The number of hydrogen-bond acceptors (Lipinski definition) is 6. The lowest BCUT2D eigenvalue weighted by molar-refractivity contribution is -0.141. The fourth-order valence-corrected chi connectivity index (χ4v) is 4.09. The smallest absolute Gasteiger partial charge is 0.328 e. The fraction of sp³-hybridized carbons (Fsp3) is 0.161. The first-order chi connectivity index (χ1) is 18.5. The maximum Gasteiger partial charge on any atom is 0.328 e. The van der Waals surface area contributed by atoms with Gasteiger partial charge in [0.25, 0.3) is 0 Å². The average molecular weight is 529 g/mol. The van der Waals surface area contributed by atoms with Crippen LogP contribution >= 0.6 is 11.6 Å². The molecular formula is C31H29ClN2O4. The van der Waals surface area contributed by atoms with E-state index in [1.54, 1.807) is 30.3 Å². The molecule has 0 bridgehead atoms. The number of ether oxygens (including phenoxy) is 2. The number of carbonyl (C=O) groups is 2. The first kappa shape index (κ1) is 26.8. The molecule has 0 aliphatic rings. The minimum Gasteiger partial charge on any atom is -0.492 e. The lowest BCUT2D eigenvalue weighted by Crippen LogP contribution is -2.33. The second-order valence-corrected chi connectivity index (χ2v) is 9.03. The van der Waals surface area contributed by atoms with Crippen LogP contribution < -0.4 is 15.4 Å². The van der Waals surface area contributed by atoms with E-state index >= 15 is 0 Å². The number of anilines is 2. The molecule has 1 unspecified atom stereocenters. The van der Waals surface area contributed by atoms with Gasteiger partial charge in [-0.05, 0) is 54.1 Å². The molecule has 4 aromatic rings. The summed E-state index contributed by atoms with van der Waals surface area (Å²) in [5, 5.41) is 7.20. The van der Waals surface area contributed by atoms with E-state index in [9.17, 15) is 9.59 Å². The van der Waals surface area contributed by atoms with E-state index in [2.05, 4.69) is 10.6 Å². The van der Waals surface area contributed by atoms with Crippen LogP contribution in [0.3, 0.4) is 0 Å². The van der Waals surface area contributed by atoms with E-state index in [0.717, 1.165) is 17.0 Å². The van der Waals surface area contributed by atoms with Gasteiger partial charge in [0.1, 0.15) is 18.4 Å². The highest BCUT2D eigenvalue weighted by atomic mass is 35.5. The molecule has 0 spiro atoms. The molecule has 0 aliphatic carbocycles. The van der Waals surface area contributed by atoms with Crippen molar-refractivity contribution in [1.29, 1.82) is 0 Å². The van der Waals surface area contributed by atoms with Crippen molar-refractivity contribution in [1.82, 2.24) is 0 Å². The van der Waals surface area contributed by atoms with Crippen LogP contribution in [0.25, 0.3) is 0 Å². The van der Waals surface area contributed by atoms with Gasteiger partial charge in [0, 0.05) is 40.5 Å². The van der Waals surface area contributed by atoms with E-state index in [-0.39, 0.29) is 5.78 Å². The monoisotopic (exact) mass is 528 g/mol. The lowest BCUT2D eigenvalue weighted by Gasteiger charge is -2.20. The minimum absolute atomic E-state index is 0.121. The first-order valence-electron chi connectivity index (χ1n) is 12.3. The minimum atomic E-state index is -0.680. The van der Waals surface area contributed by atoms with Crippen molar-refractivity contribution >= 4 is 34.7 Å². The largest absolute Gasteiger partial charge is 0.492 e. The normalized spacial score (nSPS) is 11.3. The number of ketones is 1. The van der Waals surface area contributed by atoms with Crippen LogP contribution in [-0.4, -0.2) is 38.1 Å². The number of nitrogens with one attached hydrogen (secondary N) is 2. The zero-order valence-corrected chi connectivity index (χ0v) is 21.8. The van der Waals surface area contributed by atoms with Crippen molar-refractivity contribution < 1.29 is 19.1 Å². The van der Waals surface area contributed by atoms with Gasteiger partial charge in [0.2, 0.25) is 0 Å². The molecule has 0 radical (unpaired) electrons. The van der Waals surface area contributed by atoms with Crippen LogP contribution in [0.2, 0.25) is 5.02 Å². The van der Waals surface area contributed by atoms with Crippen LogP contribution in [0.5, 0.6) is 5.75 Å². The van der Waals surface area contributed by atoms with Gasteiger partial charge in [0.05, 0.1) is 7.11 Å². The lowest BCUT2D eigenvalue weighted by atomic mass is 10.00. The summed E-state index contributed by atoms with van der Waals surface area (Å²) < 4.78 is 10.9. The quantitative estimate of drug-likeness (QED) is 0.128. The molecule has 0 fully saturated rings. The van der Waals surface area contributed by atoms with Gasteiger partial charge in [-0.25, -0.2) is 4.79 Å². The topological polar surface area (TPSA) is 76.7 Å². The maximum atomic E-state index is 13.1. The molecule has 2 N–H and O–H groups in total. The number of halogens is 1. The van der Waals surface area contributed by atoms with Gasteiger partial charge in [-0.1, -0.05) is 66.2 Å². The van der Waals surface area contributed by atoms with Crippen molar-refractivity contribution in [2.75, 3.05) is 30.9 Å². The molecule has 7 heteroatoms. The third-order valence-corrected chi connectivity index (χ3v) is 6.18. The van der Waals surface area contributed by atoms with Crippen LogP contribution in [-0.2, 0) is 16.0 Å². The van der Waals surface area contributed by atoms with Crippen LogP contribution in [0.1, 0.15) is 21.5 Å². The van der Waals surface area contributed by atoms with Crippen molar-refractivity contribution in [3.63, 3.8) is 0 Å².